The molecule has 0 aromatic carbocycles. The van der Waals surface area contributed by atoms with Crippen molar-refractivity contribution in [2.75, 3.05) is 23.9 Å². The van der Waals surface area contributed by atoms with Crippen LogP contribution in [0.4, 0.5) is 36.3 Å². The number of anilines is 4. The summed E-state index contributed by atoms with van der Waals surface area (Å²) in [6.45, 7) is -4.18. The van der Waals surface area contributed by atoms with Gasteiger partial charge in [-0.1, -0.05) is 0 Å². The van der Waals surface area contributed by atoms with Crippen molar-refractivity contribution in [2.45, 2.75) is 17.6 Å². The highest BCUT2D eigenvalue weighted by Gasteiger charge is 2.28. The van der Waals surface area contributed by atoms with Crippen LogP contribution in [0.15, 0.2) is 41.6 Å². The molecule has 3 aromatic heterocycles. The molecule has 3 rings (SSSR count). The molecule has 0 aliphatic carbocycles. The summed E-state index contributed by atoms with van der Waals surface area (Å²) in [6, 6.07) is 5.02. The molecule has 0 unspecified atom stereocenters. The van der Waals surface area contributed by atoms with Crippen molar-refractivity contribution in [3.8, 4) is 0 Å². The van der Waals surface area contributed by atoms with Crippen LogP contribution in [0.1, 0.15) is 14.6 Å². The van der Waals surface area contributed by atoms with Crippen molar-refractivity contribution < 1.29 is 30.5 Å². The van der Waals surface area contributed by atoms with Crippen LogP contribution >= 0.6 is 0 Å². The molecule has 0 spiro atoms. The van der Waals surface area contributed by atoms with Gasteiger partial charge in [-0.25, -0.2) is 13.4 Å². The maximum atomic E-state index is 12.6. The second-order valence-corrected chi connectivity index (χ2v) is 8.32. The van der Waals surface area contributed by atoms with E-state index in [1.54, 1.807) is 5.32 Å². The number of carbonyl (C=O) groups is 1. The summed E-state index contributed by atoms with van der Waals surface area (Å²) in [5, 5.41) is 18.1. The molecule has 3 aromatic rings. The Hall–Kier alpha value is -3.75. The average Bonchev–Trinajstić information content (AvgIpc) is 3.11. The lowest BCUT2D eigenvalue weighted by Crippen LogP contribution is -2.22. The van der Waals surface area contributed by atoms with Crippen LogP contribution < -0.4 is 16.0 Å². The largest absolute Gasteiger partial charge is 0.408 e. The summed E-state index contributed by atoms with van der Waals surface area (Å²) in [5.41, 5.74) is -0.707. The number of aromatic nitrogens is 5. The van der Waals surface area contributed by atoms with E-state index in [9.17, 15) is 26.4 Å². The molecule has 0 bridgehead atoms. The lowest BCUT2D eigenvalue weighted by molar-refractivity contribution is -0.142. The van der Waals surface area contributed by atoms with E-state index in [1.165, 1.54) is 24.4 Å². The van der Waals surface area contributed by atoms with Crippen LogP contribution in [0.2, 0.25) is 0 Å². The smallest absolute Gasteiger partial charge is 0.354 e. The van der Waals surface area contributed by atoms with Gasteiger partial charge in [-0.15, -0.1) is 10.2 Å². The van der Waals surface area contributed by atoms with Gasteiger partial charge >= 0.3 is 6.18 Å². The van der Waals surface area contributed by atoms with E-state index in [4.69, 9.17) is 4.11 Å². The van der Waals surface area contributed by atoms with E-state index in [2.05, 4.69) is 30.9 Å². The number of carbonyl (C=O) groups excluding carboxylic acids is 1. The van der Waals surface area contributed by atoms with Crippen molar-refractivity contribution in [2.24, 2.45) is 0 Å². The third kappa shape index (κ3) is 5.69. The number of halogens is 3. The lowest BCUT2D eigenvalue weighted by atomic mass is 10.3. The monoisotopic (exact) mass is 473 g/mol. The molecule has 1 amide bonds. The van der Waals surface area contributed by atoms with Crippen LogP contribution in [0.25, 0.3) is 0 Å². The molecule has 0 saturated carbocycles. The Morgan fingerprint density at radius 2 is 2.00 bits per heavy atom. The molecule has 32 heavy (non-hydrogen) atoms. The molecule has 0 aliphatic rings. The van der Waals surface area contributed by atoms with Gasteiger partial charge in [0, 0.05) is 41.9 Å². The molecule has 3 heterocycles. The van der Waals surface area contributed by atoms with Crippen molar-refractivity contribution in [3.05, 3.63) is 42.4 Å². The Kier molecular flexibility index (Phi) is 5.20. The standard InChI is InChI=1S/C17H17F3N8O3S/c1-21-16(29)14-10(23-15-11(32(2,30)31)4-3-6-22-15)8-13(25-26-14)24-12-5-7-28(27-12)9-17(18,19)20/h3-8H,9H2,1-2H3,(H,21,29)(H2,22,23,24,25,27)/i1D3. The molecular formula is C17H17F3N8O3S. The Labute approximate surface area is 184 Å². The molecule has 170 valence electrons. The average molecular weight is 473 g/mol. The number of rotatable bonds is 7. The highest BCUT2D eigenvalue weighted by Crippen LogP contribution is 2.26. The summed E-state index contributed by atoms with van der Waals surface area (Å²) in [7, 11) is -3.76. The molecule has 0 atom stereocenters. The summed E-state index contributed by atoms with van der Waals surface area (Å²) in [4.78, 5) is 16.2. The molecule has 0 fully saturated rings. The molecule has 0 aliphatic heterocycles. The van der Waals surface area contributed by atoms with Gasteiger partial charge in [-0.2, -0.15) is 18.3 Å². The zero-order chi connectivity index (χ0) is 26.0. The minimum atomic E-state index is -4.49. The highest BCUT2D eigenvalue weighted by molar-refractivity contribution is 7.90. The summed E-state index contributed by atoms with van der Waals surface area (Å²) in [6.07, 6.45) is -1.20. The van der Waals surface area contributed by atoms with Crippen LogP contribution in [-0.4, -0.2) is 58.7 Å². The second-order valence-electron chi connectivity index (χ2n) is 6.33. The number of sulfone groups is 1. The zero-order valence-corrected chi connectivity index (χ0v) is 17.0. The first kappa shape index (κ1) is 19.0. The topological polar surface area (TPSA) is 144 Å². The van der Waals surface area contributed by atoms with Crippen LogP contribution in [-0.2, 0) is 16.4 Å². The fourth-order valence-corrected chi connectivity index (χ4v) is 3.30. The van der Waals surface area contributed by atoms with Gasteiger partial charge in [0.1, 0.15) is 17.3 Å². The predicted octanol–water partition coefficient (Wildman–Crippen LogP) is 1.88. The van der Waals surface area contributed by atoms with Crippen LogP contribution in [0.5, 0.6) is 0 Å². The van der Waals surface area contributed by atoms with Crippen LogP contribution in [0, 0.1) is 0 Å². The SMILES string of the molecule is [2H]C([2H])([2H])NC(=O)c1nnc(Nc2ccn(CC(F)(F)F)n2)cc1Nc1ncccc1S(C)(=O)=O. The molecule has 3 N–H and O–H groups in total. The number of hydrogen-bond donors (Lipinski definition) is 3. The van der Waals surface area contributed by atoms with E-state index in [-0.39, 0.29) is 28.0 Å². The summed E-state index contributed by atoms with van der Waals surface area (Å²) < 4.78 is 84.1. The highest BCUT2D eigenvalue weighted by atomic mass is 32.2. The van der Waals surface area contributed by atoms with Crippen molar-refractivity contribution >= 4 is 38.9 Å². The Balaban J connectivity index is 1.98. The van der Waals surface area contributed by atoms with Gasteiger partial charge in [0.25, 0.3) is 5.91 Å². The number of nitrogens with zero attached hydrogens (tertiary/aromatic N) is 5. The molecule has 0 saturated heterocycles. The second kappa shape index (κ2) is 8.78. The Morgan fingerprint density at radius 3 is 2.69 bits per heavy atom. The minimum Gasteiger partial charge on any atom is -0.354 e. The van der Waals surface area contributed by atoms with Gasteiger partial charge in [0.05, 0.1) is 5.69 Å². The van der Waals surface area contributed by atoms with Gasteiger partial charge in [0.15, 0.2) is 27.2 Å². The number of hydrogen-bond acceptors (Lipinski definition) is 9. The summed E-state index contributed by atoms with van der Waals surface area (Å²) >= 11 is 0. The molecular weight excluding hydrogens is 453 g/mol. The van der Waals surface area contributed by atoms with E-state index < -0.39 is 41.1 Å². The first-order valence-corrected chi connectivity index (χ1v) is 10.5. The fourth-order valence-electron chi connectivity index (χ4n) is 2.52. The predicted molar refractivity (Wildman–Crippen MR) is 108 cm³/mol. The van der Waals surface area contributed by atoms with Gasteiger partial charge in [0.2, 0.25) is 0 Å². The first-order chi connectivity index (χ1) is 16.1. The third-order valence-electron chi connectivity index (χ3n) is 3.78. The molecule has 11 nitrogen and oxygen atoms in total. The number of alkyl halides is 3. The van der Waals surface area contributed by atoms with Gasteiger partial charge in [-0.3, -0.25) is 9.48 Å². The first-order valence-electron chi connectivity index (χ1n) is 10.1. The third-order valence-corrected chi connectivity index (χ3v) is 4.91. The molecule has 15 heteroatoms. The number of amides is 1. The van der Waals surface area contributed by atoms with Crippen molar-refractivity contribution in [1.82, 2.24) is 30.3 Å². The fraction of sp³-hybridized carbons (Fsp3) is 0.235. The summed E-state index contributed by atoms with van der Waals surface area (Å²) in [5.74, 6) is -1.49. The Bertz CT molecular complexity index is 1350. The van der Waals surface area contributed by atoms with E-state index in [0.29, 0.717) is 4.68 Å². The van der Waals surface area contributed by atoms with Gasteiger partial charge < -0.3 is 16.0 Å². The van der Waals surface area contributed by atoms with E-state index >= 15 is 0 Å². The van der Waals surface area contributed by atoms with Crippen LogP contribution in [0.3, 0.4) is 0 Å². The quantitative estimate of drug-likeness (QED) is 0.468. The number of pyridine rings is 1. The van der Waals surface area contributed by atoms with Crippen molar-refractivity contribution in [1.29, 1.82) is 0 Å². The molecule has 0 radical (unpaired) electrons. The minimum absolute atomic E-state index is 0.0381. The lowest BCUT2D eigenvalue weighted by Gasteiger charge is -2.13. The maximum Gasteiger partial charge on any atom is 0.408 e. The van der Waals surface area contributed by atoms with E-state index in [0.717, 1.165) is 18.5 Å². The van der Waals surface area contributed by atoms with Gasteiger partial charge in [-0.05, 0) is 12.1 Å². The normalized spacial score (nSPS) is 13.6. The Morgan fingerprint density at radius 1 is 1.22 bits per heavy atom. The maximum absolute atomic E-state index is 12.6. The number of nitrogens with one attached hydrogen (secondary N) is 3. The zero-order valence-electron chi connectivity index (χ0n) is 19.2. The van der Waals surface area contributed by atoms with Crippen molar-refractivity contribution in [3.63, 3.8) is 0 Å². The van der Waals surface area contributed by atoms with E-state index in [1.807, 2.05) is 0 Å².